The number of nitrogens with one attached hydrogen (secondary N) is 1. The average molecular weight is 193 g/mol. The first-order chi connectivity index (χ1) is 6.74. The number of carbonyl (C=O) groups excluding carboxylic acids is 1. The molecule has 1 N–H and O–H groups in total. The second-order valence-electron chi connectivity index (χ2n) is 3.87. The van der Waals surface area contributed by atoms with E-state index < -0.39 is 0 Å². The molecule has 1 atom stereocenters. The van der Waals surface area contributed by atoms with Gasteiger partial charge in [-0.2, -0.15) is 0 Å². The number of unbranched alkanes of at least 4 members (excludes halogenated alkanes) is 1. The van der Waals surface area contributed by atoms with Crippen LogP contribution in [-0.2, 0) is 4.79 Å². The summed E-state index contributed by atoms with van der Waals surface area (Å²) in [6.45, 7) is 3.85. The van der Waals surface area contributed by atoms with Crippen LogP contribution in [0.15, 0.2) is 18.3 Å². The van der Waals surface area contributed by atoms with Gasteiger partial charge in [-0.3, -0.25) is 0 Å². The molecule has 1 heterocycles. The van der Waals surface area contributed by atoms with Crippen molar-refractivity contribution in [3.63, 3.8) is 0 Å². The Hall–Kier alpha value is -1.05. The number of Topliss-reactive ketones (excluding diaryl/α,β-unsaturated/α-hetero) is 1. The minimum atomic E-state index is 0.278. The van der Waals surface area contributed by atoms with Crippen LogP contribution >= 0.6 is 0 Å². The van der Waals surface area contributed by atoms with Crippen LogP contribution < -0.4 is 0 Å². The van der Waals surface area contributed by atoms with Crippen LogP contribution in [0.1, 0.15) is 51.1 Å². The van der Waals surface area contributed by atoms with Crippen LogP contribution in [0.4, 0.5) is 0 Å². The van der Waals surface area contributed by atoms with Gasteiger partial charge in [-0.1, -0.05) is 19.8 Å². The Morgan fingerprint density at radius 3 is 2.86 bits per heavy atom. The van der Waals surface area contributed by atoms with E-state index in [0.29, 0.717) is 12.3 Å². The van der Waals surface area contributed by atoms with Crippen LogP contribution in [-0.4, -0.2) is 10.8 Å². The molecule has 0 aliphatic rings. The highest BCUT2D eigenvalue weighted by Gasteiger charge is 2.13. The van der Waals surface area contributed by atoms with Crippen molar-refractivity contribution in [3.05, 3.63) is 24.0 Å². The van der Waals surface area contributed by atoms with Gasteiger partial charge < -0.3 is 9.78 Å². The zero-order valence-corrected chi connectivity index (χ0v) is 9.05. The molecular formula is C12H19NO. The molecule has 78 valence electrons. The number of aromatic nitrogens is 1. The fourth-order valence-electron chi connectivity index (χ4n) is 1.76. The first-order valence-corrected chi connectivity index (χ1v) is 5.36. The molecule has 0 aliphatic heterocycles. The molecule has 1 rings (SSSR count). The minimum Gasteiger partial charge on any atom is -0.365 e. The van der Waals surface area contributed by atoms with Crippen LogP contribution in [0.2, 0.25) is 0 Å². The second kappa shape index (κ2) is 5.63. The van der Waals surface area contributed by atoms with Crippen molar-refractivity contribution in [2.24, 2.45) is 0 Å². The number of hydrogen-bond acceptors (Lipinski definition) is 1. The van der Waals surface area contributed by atoms with Crippen LogP contribution in [0, 0.1) is 0 Å². The highest BCUT2D eigenvalue weighted by atomic mass is 16.1. The standard InChI is InChI=1S/C12H19NO/c1-3-4-6-11(9-10(2)14)12-7-5-8-13-12/h5,7-8,11,13H,3-4,6,9H2,1-2H3. The van der Waals surface area contributed by atoms with Crippen molar-refractivity contribution in [3.8, 4) is 0 Å². The number of aromatic amines is 1. The summed E-state index contributed by atoms with van der Waals surface area (Å²) in [4.78, 5) is 14.3. The molecule has 0 saturated carbocycles. The maximum Gasteiger partial charge on any atom is 0.130 e. The third kappa shape index (κ3) is 3.36. The van der Waals surface area contributed by atoms with Gasteiger partial charge in [-0.15, -0.1) is 0 Å². The van der Waals surface area contributed by atoms with Gasteiger partial charge in [0.05, 0.1) is 0 Å². The Balaban J connectivity index is 2.57. The van der Waals surface area contributed by atoms with Gasteiger partial charge in [-0.05, 0) is 25.5 Å². The topological polar surface area (TPSA) is 32.9 Å². The highest BCUT2D eigenvalue weighted by molar-refractivity contribution is 5.76. The van der Waals surface area contributed by atoms with Gasteiger partial charge in [-0.25, -0.2) is 0 Å². The quantitative estimate of drug-likeness (QED) is 0.739. The summed E-state index contributed by atoms with van der Waals surface area (Å²) < 4.78 is 0. The Labute approximate surface area is 85.7 Å². The third-order valence-corrected chi connectivity index (χ3v) is 2.50. The zero-order valence-electron chi connectivity index (χ0n) is 9.05. The van der Waals surface area contributed by atoms with E-state index in [9.17, 15) is 4.79 Å². The number of H-pyrrole nitrogens is 1. The number of carbonyl (C=O) groups is 1. The van der Waals surface area contributed by atoms with Crippen molar-refractivity contribution >= 4 is 5.78 Å². The molecule has 0 aliphatic carbocycles. The number of hydrogen-bond donors (Lipinski definition) is 1. The molecule has 1 aromatic heterocycles. The molecule has 14 heavy (non-hydrogen) atoms. The Kier molecular flexibility index (Phi) is 4.44. The van der Waals surface area contributed by atoms with Crippen LogP contribution in [0.3, 0.4) is 0 Å². The Bertz CT molecular complexity index is 264. The SMILES string of the molecule is CCCCC(CC(C)=O)c1ccc[nH]1. The van der Waals surface area contributed by atoms with E-state index in [2.05, 4.69) is 18.0 Å². The van der Waals surface area contributed by atoms with E-state index in [1.165, 1.54) is 18.5 Å². The first-order valence-electron chi connectivity index (χ1n) is 5.36. The summed E-state index contributed by atoms with van der Waals surface area (Å²) in [5.74, 6) is 0.670. The van der Waals surface area contributed by atoms with Gasteiger partial charge in [0.2, 0.25) is 0 Å². The predicted molar refractivity (Wildman–Crippen MR) is 58.4 cm³/mol. The van der Waals surface area contributed by atoms with Crippen molar-refractivity contribution in [1.29, 1.82) is 0 Å². The van der Waals surface area contributed by atoms with Crippen molar-refractivity contribution in [1.82, 2.24) is 4.98 Å². The van der Waals surface area contributed by atoms with Crippen molar-refractivity contribution < 1.29 is 4.79 Å². The van der Waals surface area contributed by atoms with Crippen molar-refractivity contribution in [2.75, 3.05) is 0 Å². The van der Waals surface area contributed by atoms with Gasteiger partial charge in [0.25, 0.3) is 0 Å². The minimum absolute atomic E-state index is 0.278. The number of rotatable bonds is 6. The van der Waals surface area contributed by atoms with E-state index in [-0.39, 0.29) is 5.78 Å². The normalized spacial score (nSPS) is 12.7. The lowest BCUT2D eigenvalue weighted by molar-refractivity contribution is -0.117. The lowest BCUT2D eigenvalue weighted by atomic mass is 9.93. The summed E-state index contributed by atoms with van der Waals surface area (Å²) in [6.07, 6.45) is 6.08. The molecule has 0 bridgehead atoms. The smallest absolute Gasteiger partial charge is 0.130 e. The number of ketones is 1. The molecule has 0 amide bonds. The molecule has 1 aromatic rings. The molecule has 0 radical (unpaired) electrons. The summed E-state index contributed by atoms with van der Waals surface area (Å²) >= 11 is 0. The maximum absolute atomic E-state index is 11.1. The lowest BCUT2D eigenvalue weighted by Crippen LogP contribution is -2.04. The molecule has 1 unspecified atom stereocenters. The lowest BCUT2D eigenvalue weighted by Gasteiger charge is -2.13. The van der Waals surface area contributed by atoms with E-state index in [4.69, 9.17) is 0 Å². The zero-order chi connectivity index (χ0) is 10.4. The summed E-state index contributed by atoms with van der Waals surface area (Å²) in [5.41, 5.74) is 1.20. The molecule has 0 saturated heterocycles. The molecular weight excluding hydrogens is 174 g/mol. The molecule has 0 aromatic carbocycles. The van der Waals surface area contributed by atoms with Crippen LogP contribution in [0.25, 0.3) is 0 Å². The fraction of sp³-hybridized carbons (Fsp3) is 0.583. The first kappa shape index (κ1) is 11.0. The maximum atomic E-state index is 11.1. The Morgan fingerprint density at radius 2 is 2.36 bits per heavy atom. The molecule has 2 nitrogen and oxygen atoms in total. The van der Waals surface area contributed by atoms with E-state index in [1.54, 1.807) is 6.92 Å². The van der Waals surface area contributed by atoms with Crippen molar-refractivity contribution in [2.45, 2.75) is 45.4 Å². The van der Waals surface area contributed by atoms with Gasteiger partial charge in [0.15, 0.2) is 0 Å². The third-order valence-electron chi connectivity index (χ3n) is 2.50. The van der Waals surface area contributed by atoms with Crippen LogP contribution in [0.5, 0.6) is 0 Å². The van der Waals surface area contributed by atoms with E-state index in [1.807, 2.05) is 12.3 Å². The van der Waals surface area contributed by atoms with Gasteiger partial charge in [0, 0.05) is 24.2 Å². The average Bonchev–Trinajstić information content (AvgIpc) is 2.64. The molecule has 2 heteroatoms. The summed E-state index contributed by atoms with van der Waals surface area (Å²) in [5, 5.41) is 0. The molecule has 0 spiro atoms. The summed E-state index contributed by atoms with van der Waals surface area (Å²) in [6, 6.07) is 4.07. The highest BCUT2D eigenvalue weighted by Crippen LogP contribution is 2.24. The van der Waals surface area contributed by atoms with Gasteiger partial charge >= 0.3 is 0 Å². The van der Waals surface area contributed by atoms with E-state index in [0.717, 1.165) is 6.42 Å². The summed E-state index contributed by atoms with van der Waals surface area (Å²) in [7, 11) is 0. The van der Waals surface area contributed by atoms with Gasteiger partial charge in [0.1, 0.15) is 5.78 Å². The van der Waals surface area contributed by atoms with E-state index >= 15 is 0 Å². The second-order valence-corrected chi connectivity index (χ2v) is 3.87. The Morgan fingerprint density at radius 1 is 1.57 bits per heavy atom. The monoisotopic (exact) mass is 193 g/mol. The predicted octanol–water partition coefficient (Wildman–Crippen LogP) is 3.27. The largest absolute Gasteiger partial charge is 0.365 e. The molecule has 0 fully saturated rings. The fourth-order valence-corrected chi connectivity index (χ4v) is 1.76.